The van der Waals surface area contributed by atoms with Crippen molar-refractivity contribution in [2.24, 2.45) is 5.10 Å². The molecule has 3 aromatic rings. The van der Waals surface area contributed by atoms with Crippen LogP contribution in [0.5, 0.6) is 5.75 Å². The predicted molar refractivity (Wildman–Crippen MR) is 116 cm³/mol. The number of nitrogens with one attached hydrogen (secondary N) is 1. The second-order valence-corrected chi connectivity index (χ2v) is 7.58. The highest BCUT2D eigenvalue weighted by atomic mass is 35.5. The molecule has 5 nitrogen and oxygen atoms in total. The minimum atomic E-state index is -0.389. The van der Waals surface area contributed by atoms with E-state index in [2.05, 4.69) is 10.5 Å². The van der Waals surface area contributed by atoms with Gasteiger partial charge in [0.25, 0.3) is 5.91 Å². The summed E-state index contributed by atoms with van der Waals surface area (Å²) in [6.45, 7) is 3.78. The van der Waals surface area contributed by atoms with Gasteiger partial charge in [-0.25, -0.2) is 5.43 Å². The fraction of sp³-hybridized carbons (Fsp3) is 0.143. The van der Waals surface area contributed by atoms with E-state index in [1.165, 1.54) is 6.21 Å². The Hall–Kier alpha value is -2.47. The normalized spacial score (nSPS) is 11.1. The van der Waals surface area contributed by atoms with Gasteiger partial charge in [0.15, 0.2) is 6.61 Å². The summed E-state index contributed by atoms with van der Waals surface area (Å²) in [7, 11) is 0. The largest absolute Gasteiger partial charge is 0.484 e. The van der Waals surface area contributed by atoms with Gasteiger partial charge in [-0.15, -0.1) is 0 Å². The van der Waals surface area contributed by atoms with Gasteiger partial charge in [-0.3, -0.25) is 4.79 Å². The molecule has 0 aliphatic heterocycles. The number of hydrazone groups is 1. The fourth-order valence-corrected chi connectivity index (χ4v) is 3.28. The van der Waals surface area contributed by atoms with E-state index in [0.717, 1.165) is 11.1 Å². The lowest BCUT2D eigenvalue weighted by Crippen LogP contribution is -2.24. The first kappa shape index (κ1) is 21.2. The van der Waals surface area contributed by atoms with Crippen LogP contribution in [0.1, 0.15) is 16.9 Å². The monoisotopic (exact) mass is 450 g/mol. The van der Waals surface area contributed by atoms with Crippen LogP contribution in [0, 0.1) is 13.8 Å². The van der Waals surface area contributed by atoms with Gasteiger partial charge in [0.2, 0.25) is 0 Å². The third-order valence-electron chi connectivity index (χ3n) is 3.85. The van der Waals surface area contributed by atoms with Crippen LogP contribution in [0.15, 0.2) is 52.0 Å². The molecule has 0 bridgehead atoms. The highest BCUT2D eigenvalue weighted by Gasteiger charge is 2.11. The third kappa shape index (κ3) is 5.76. The Kier molecular flexibility index (Phi) is 6.85. The average Bonchev–Trinajstić information content (AvgIpc) is 3.11. The lowest BCUT2D eigenvalue weighted by atomic mass is 10.1. The van der Waals surface area contributed by atoms with Crippen molar-refractivity contribution in [2.75, 3.05) is 6.61 Å². The summed E-state index contributed by atoms with van der Waals surface area (Å²) in [5.41, 5.74) is 5.12. The number of aryl methyl sites for hydroxylation is 2. The quantitative estimate of drug-likeness (QED) is 0.282. The van der Waals surface area contributed by atoms with Gasteiger partial charge < -0.3 is 9.15 Å². The molecule has 0 atom stereocenters. The summed E-state index contributed by atoms with van der Waals surface area (Å²) in [4.78, 5) is 11.9. The molecule has 29 heavy (non-hydrogen) atoms. The summed E-state index contributed by atoms with van der Waals surface area (Å²) >= 11 is 18.2. The lowest BCUT2D eigenvalue weighted by molar-refractivity contribution is -0.123. The Bertz CT molecular complexity index is 1060. The summed E-state index contributed by atoms with van der Waals surface area (Å²) in [5.74, 6) is 1.17. The molecule has 3 rings (SSSR count). The fourth-order valence-electron chi connectivity index (χ4n) is 2.64. The van der Waals surface area contributed by atoms with Gasteiger partial charge in [0, 0.05) is 5.56 Å². The maximum atomic E-state index is 11.9. The van der Waals surface area contributed by atoms with Crippen LogP contribution in [-0.4, -0.2) is 18.7 Å². The van der Waals surface area contributed by atoms with Crippen LogP contribution in [0.4, 0.5) is 0 Å². The Balaban J connectivity index is 1.57. The Morgan fingerprint density at radius 1 is 1.03 bits per heavy atom. The Morgan fingerprint density at radius 2 is 1.72 bits per heavy atom. The van der Waals surface area contributed by atoms with Crippen molar-refractivity contribution in [3.63, 3.8) is 0 Å². The maximum absolute atomic E-state index is 11.9. The van der Waals surface area contributed by atoms with Crippen LogP contribution in [0.25, 0.3) is 11.3 Å². The van der Waals surface area contributed by atoms with Crippen molar-refractivity contribution < 1.29 is 13.9 Å². The second kappa shape index (κ2) is 9.35. The zero-order valence-corrected chi connectivity index (χ0v) is 17.9. The third-order valence-corrected chi connectivity index (χ3v) is 4.88. The summed E-state index contributed by atoms with van der Waals surface area (Å²) in [5, 5.41) is 5.01. The van der Waals surface area contributed by atoms with Crippen molar-refractivity contribution in [3.8, 4) is 17.1 Å². The molecular weight excluding hydrogens is 435 g/mol. The van der Waals surface area contributed by atoms with Crippen molar-refractivity contribution in [1.82, 2.24) is 5.43 Å². The van der Waals surface area contributed by atoms with Crippen LogP contribution in [0.3, 0.4) is 0 Å². The number of hydrogen-bond donors (Lipinski definition) is 1. The Morgan fingerprint density at radius 3 is 2.45 bits per heavy atom. The second-order valence-electron chi connectivity index (χ2n) is 6.35. The van der Waals surface area contributed by atoms with Crippen LogP contribution < -0.4 is 10.2 Å². The van der Waals surface area contributed by atoms with Crippen LogP contribution in [0.2, 0.25) is 15.1 Å². The van der Waals surface area contributed by atoms with Gasteiger partial charge in [-0.05, 0) is 61.4 Å². The standard InChI is InChI=1S/C21H17Cl3N2O3/c1-12-5-13(2)7-15(6-12)28-11-21(27)26-25-10-14-3-4-20(29-14)16-8-18(23)19(24)9-17(16)22/h3-10H,11H2,1-2H3,(H,26,27). The van der Waals surface area contributed by atoms with E-state index in [-0.39, 0.29) is 12.5 Å². The lowest BCUT2D eigenvalue weighted by Gasteiger charge is -2.07. The average molecular weight is 452 g/mol. The van der Waals surface area contributed by atoms with Crippen LogP contribution in [-0.2, 0) is 4.79 Å². The number of amides is 1. The Labute approximate surface area is 183 Å². The SMILES string of the molecule is Cc1cc(C)cc(OCC(=O)NN=Cc2ccc(-c3cc(Cl)c(Cl)cc3Cl)o2)c1. The van der Waals surface area contributed by atoms with E-state index < -0.39 is 0 Å². The van der Waals surface area contributed by atoms with E-state index in [4.69, 9.17) is 44.0 Å². The molecular formula is C21H17Cl3N2O3. The minimum absolute atomic E-state index is 0.150. The van der Waals surface area contributed by atoms with E-state index in [0.29, 0.717) is 37.9 Å². The molecule has 0 fully saturated rings. The zero-order chi connectivity index (χ0) is 21.0. The van der Waals surface area contributed by atoms with E-state index >= 15 is 0 Å². The molecule has 1 aromatic heterocycles. The van der Waals surface area contributed by atoms with Gasteiger partial charge in [-0.2, -0.15) is 5.10 Å². The van der Waals surface area contributed by atoms with Gasteiger partial charge in [-0.1, -0.05) is 40.9 Å². The highest BCUT2D eigenvalue weighted by Crippen LogP contribution is 2.35. The smallest absolute Gasteiger partial charge is 0.277 e. The first-order valence-electron chi connectivity index (χ1n) is 8.59. The number of halogens is 3. The molecule has 0 saturated heterocycles. The molecule has 1 N–H and O–H groups in total. The number of nitrogens with zero attached hydrogens (tertiary/aromatic N) is 1. The van der Waals surface area contributed by atoms with Gasteiger partial charge in [0.05, 0.1) is 21.3 Å². The van der Waals surface area contributed by atoms with Gasteiger partial charge >= 0.3 is 0 Å². The van der Waals surface area contributed by atoms with Crippen molar-refractivity contribution in [2.45, 2.75) is 13.8 Å². The summed E-state index contributed by atoms with van der Waals surface area (Å²) < 4.78 is 11.1. The molecule has 8 heteroatoms. The molecule has 0 spiro atoms. The number of rotatable bonds is 6. The summed E-state index contributed by atoms with van der Waals surface area (Å²) in [6, 6.07) is 12.3. The van der Waals surface area contributed by atoms with Gasteiger partial charge in [0.1, 0.15) is 17.3 Å². The van der Waals surface area contributed by atoms with Crippen molar-refractivity contribution in [3.05, 3.63) is 74.4 Å². The molecule has 0 aliphatic carbocycles. The molecule has 0 saturated carbocycles. The number of furan rings is 1. The topological polar surface area (TPSA) is 63.8 Å². The minimum Gasteiger partial charge on any atom is -0.484 e. The molecule has 2 aromatic carbocycles. The van der Waals surface area contributed by atoms with E-state index in [1.54, 1.807) is 24.3 Å². The highest BCUT2D eigenvalue weighted by molar-refractivity contribution is 6.44. The predicted octanol–water partition coefficient (Wildman–Crippen LogP) is 6.05. The molecule has 150 valence electrons. The number of ether oxygens (including phenoxy) is 1. The molecule has 1 amide bonds. The van der Waals surface area contributed by atoms with Crippen molar-refractivity contribution >= 4 is 46.9 Å². The van der Waals surface area contributed by atoms with E-state index in [9.17, 15) is 4.79 Å². The number of hydrogen-bond acceptors (Lipinski definition) is 4. The molecule has 0 unspecified atom stereocenters. The first-order valence-corrected chi connectivity index (χ1v) is 9.73. The maximum Gasteiger partial charge on any atom is 0.277 e. The molecule has 0 radical (unpaired) electrons. The van der Waals surface area contributed by atoms with Crippen LogP contribution >= 0.6 is 34.8 Å². The number of benzene rings is 2. The first-order chi connectivity index (χ1) is 13.8. The number of carbonyl (C=O) groups excluding carboxylic acids is 1. The zero-order valence-electron chi connectivity index (χ0n) is 15.6. The number of carbonyl (C=O) groups is 1. The summed E-state index contributed by atoms with van der Waals surface area (Å²) in [6.07, 6.45) is 1.38. The van der Waals surface area contributed by atoms with Crippen molar-refractivity contribution in [1.29, 1.82) is 0 Å². The molecule has 0 aliphatic rings. The van der Waals surface area contributed by atoms with E-state index in [1.807, 2.05) is 32.0 Å². The molecule has 1 heterocycles.